The summed E-state index contributed by atoms with van der Waals surface area (Å²) in [6.07, 6.45) is 3.26. The van der Waals surface area contributed by atoms with E-state index in [2.05, 4.69) is 27.7 Å². The van der Waals surface area contributed by atoms with Gasteiger partial charge in [-0.15, -0.1) is 24.8 Å². The van der Waals surface area contributed by atoms with Crippen LogP contribution in [0.5, 0.6) is 0 Å². The van der Waals surface area contributed by atoms with Crippen LogP contribution in [0.15, 0.2) is 30.3 Å². The molecule has 0 saturated carbocycles. The second-order valence-electron chi connectivity index (χ2n) is 5.64. The standard InChI is InChI=1S/C16H25N3O.2ClH/c1-19(2)15(13-8-4-3-5-9-13)12-18-16(20)14-10-6-7-11-17-14;;/h3-5,8-9,14-15,17H,6-7,10-12H2,1-2H3,(H,18,20);2*1H/t14-,15?;;/m1../s1. The number of hydrogen-bond acceptors (Lipinski definition) is 3. The molecule has 1 aliphatic rings. The van der Waals surface area contributed by atoms with Gasteiger partial charge < -0.3 is 15.5 Å². The van der Waals surface area contributed by atoms with E-state index in [1.165, 1.54) is 12.0 Å². The van der Waals surface area contributed by atoms with E-state index < -0.39 is 0 Å². The van der Waals surface area contributed by atoms with Crippen LogP contribution in [-0.4, -0.2) is 44.0 Å². The van der Waals surface area contributed by atoms with E-state index in [0.717, 1.165) is 19.4 Å². The highest BCUT2D eigenvalue weighted by atomic mass is 35.5. The summed E-state index contributed by atoms with van der Waals surface area (Å²) in [5.41, 5.74) is 1.23. The summed E-state index contributed by atoms with van der Waals surface area (Å²) in [4.78, 5) is 14.3. The molecule has 1 aliphatic heterocycles. The lowest BCUT2D eigenvalue weighted by molar-refractivity contribution is -0.123. The van der Waals surface area contributed by atoms with Gasteiger partial charge in [0.25, 0.3) is 0 Å². The van der Waals surface area contributed by atoms with Crippen LogP contribution in [0, 0.1) is 0 Å². The number of halogens is 2. The molecule has 2 N–H and O–H groups in total. The van der Waals surface area contributed by atoms with Crippen molar-refractivity contribution in [3.63, 3.8) is 0 Å². The number of benzene rings is 1. The van der Waals surface area contributed by atoms with Crippen LogP contribution < -0.4 is 10.6 Å². The van der Waals surface area contributed by atoms with Crippen LogP contribution in [0.4, 0.5) is 0 Å². The number of likely N-dealkylation sites (N-methyl/N-ethyl adjacent to an activating group) is 1. The molecular weight excluding hydrogens is 321 g/mol. The second-order valence-corrected chi connectivity index (χ2v) is 5.64. The number of piperidine rings is 1. The highest BCUT2D eigenvalue weighted by Gasteiger charge is 2.22. The normalized spacial score (nSPS) is 18.8. The smallest absolute Gasteiger partial charge is 0.237 e. The summed E-state index contributed by atoms with van der Waals surface area (Å²) in [6, 6.07) is 10.5. The molecule has 0 aliphatic carbocycles. The first-order valence-electron chi connectivity index (χ1n) is 7.41. The van der Waals surface area contributed by atoms with Crippen LogP contribution in [0.3, 0.4) is 0 Å². The number of amides is 1. The van der Waals surface area contributed by atoms with Crippen molar-refractivity contribution in [2.24, 2.45) is 0 Å². The van der Waals surface area contributed by atoms with E-state index in [0.29, 0.717) is 6.54 Å². The molecule has 1 heterocycles. The molecule has 0 aromatic heterocycles. The van der Waals surface area contributed by atoms with E-state index >= 15 is 0 Å². The third-order valence-corrected chi connectivity index (χ3v) is 3.90. The summed E-state index contributed by atoms with van der Waals surface area (Å²) >= 11 is 0. The van der Waals surface area contributed by atoms with Crippen LogP contribution in [0.1, 0.15) is 30.9 Å². The fourth-order valence-corrected chi connectivity index (χ4v) is 2.67. The Morgan fingerprint density at radius 3 is 2.50 bits per heavy atom. The average molecular weight is 348 g/mol. The quantitative estimate of drug-likeness (QED) is 0.859. The summed E-state index contributed by atoms with van der Waals surface area (Å²) < 4.78 is 0. The molecule has 2 atom stereocenters. The maximum atomic E-state index is 12.2. The van der Waals surface area contributed by atoms with Crippen LogP contribution >= 0.6 is 24.8 Å². The molecule has 6 heteroatoms. The number of hydrogen-bond donors (Lipinski definition) is 2. The molecule has 1 unspecified atom stereocenters. The minimum atomic E-state index is -0.0117. The molecule has 1 fully saturated rings. The Morgan fingerprint density at radius 2 is 1.95 bits per heavy atom. The van der Waals surface area contributed by atoms with Crippen molar-refractivity contribution >= 4 is 30.7 Å². The number of nitrogens with zero attached hydrogens (tertiary/aromatic N) is 1. The Morgan fingerprint density at radius 1 is 1.27 bits per heavy atom. The van der Waals surface area contributed by atoms with Gasteiger partial charge in [-0.3, -0.25) is 4.79 Å². The van der Waals surface area contributed by atoms with E-state index in [9.17, 15) is 4.79 Å². The fourth-order valence-electron chi connectivity index (χ4n) is 2.67. The zero-order valence-corrected chi connectivity index (χ0v) is 14.9. The van der Waals surface area contributed by atoms with E-state index in [1.807, 2.05) is 32.3 Å². The Labute approximate surface area is 145 Å². The molecule has 4 nitrogen and oxygen atoms in total. The van der Waals surface area contributed by atoms with Gasteiger partial charge in [0.05, 0.1) is 12.1 Å². The lowest BCUT2D eigenvalue weighted by Crippen LogP contribution is -2.48. The lowest BCUT2D eigenvalue weighted by Gasteiger charge is -2.27. The van der Waals surface area contributed by atoms with Crippen LogP contribution in [0.25, 0.3) is 0 Å². The van der Waals surface area contributed by atoms with Gasteiger partial charge in [0.15, 0.2) is 0 Å². The highest BCUT2D eigenvalue weighted by molar-refractivity contribution is 5.85. The Balaban J connectivity index is 0.00000220. The molecule has 2 rings (SSSR count). The molecule has 1 amide bonds. The van der Waals surface area contributed by atoms with Crippen molar-refractivity contribution in [1.29, 1.82) is 0 Å². The molecule has 0 bridgehead atoms. The SMILES string of the molecule is CN(C)C(CNC(=O)[C@H]1CCCCN1)c1ccccc1.Cl.Cl. The predicted octanol–water partition coefficient (Wildman–Crippen LogP) is 2.39. The number of carbonyl (C=O) groups is 1. The Kier molecular flexibility index (Phi) is 10.4. The number of rotatable bonds is 5. The summed E-state index contributed by atoms with van der Waals surface area (Å²) in [5, 5.41) is 6.38. The Bertz CT molecular complexity index is 423. The molecule has 0 spiro atoms. The molecule has 1 aromatic carbocycles. The number of nitrogens with one attached hydrogen (secondary N) is 2. The zero-order chi connectivity index (χ0) is 14.4. The first kappa shape index (κ1) is 21.2. The minimum absolute atomic E-state index is 0. The highest BCUT2D eigenvalue weighted by Crippen LogP contribution is 2.17. The van der Waals surface area contributed by atoms with Crippen molar-refractivity contribution in [2.75, 3.05) is 27.2 Å². The molecule has 22 heavy (non-hydrogen) atoms. The summed E-state index contributed by atoms with van der Waals surface area (Å²) in [7, 11) is 4.09. The van der Waals surface area contributed by atoms with Crippen molar-refractivity contribution in [1.82, 2.24) is 15.5 Å². The third-order valence-electron chi connectivity index (χ3n) is 3.90. The molecule has 1 aromatic rings. The van der Waals surface area contributed by atoms with Crippen LogP contribution in [-0.2, 0) is 4.79 Å². The monoisotopic (exact) mass is 347 g/mol. The maximum absolute atomic E-state index is 12.2. The Hall–Kier alpha value is -0.810. The van der Waals surface area contributed by atoms with Gasteiger partial charge in [-0.05, 0) is 39.0 Å². The fraction of sp³-hybridized carbons (Fsp3) is 0.562. The van der Waals surface area contributed by atoms with Crippen molar-refractivity contribution < 1.29 is 4.79 Å². The van der Waals surface area contributed by atoms with Gasteiger partial charge in [0.1, 0.15) is 0 Å². The van der Waals surface area contributed by atoms with Gasteiger partial charge >= 0.3 is 0 Å². The van der Waals surface area contributed by atoms with Crippen molar-refractivity contribution in [3.8, 4) is 0 Å². The number of carbonyl (C=O) groups excluding carboxylic acids is 1. The topological polar surface area (TPSA) is 44.4 Å². The molecule has 1 saturated heterocycles. The maximum Gasteiger partial charge on any atom is 0.237 e. The summed E-state index contributed by atoms with van der Waals surface area (Å²) in [5.74, 6) is 0.132. The zero-order valence-electron chi connectivity index (χ0n) is 13.2. The van der Waals surface area contributed by atoms with E-state index in [1.54, 1.807) is 0 Å². The van der Waals surface area contributed by atoms with Gasteiger partial charge in [0.2, 0.25) is 5.91 Å². The first-order valence-corrected chi connectivity index (χ1v) is 7.41. The van der Waals surface area contributed by atoms with Gasteiger partial charge in [0, 0.05) is 6.54 Å². The lowest BCUT2D eigenvalue weighted by atomic mass is 10.0. The average Bonchev–Trinajstić information content (AvgIpc) is 2.49. The van der Waals surface area contributed by atoms with Crippen molar-refractivity contribution in [3.05, 3.63) is 35.9 Å². The minimum Gasteiger partial charge on any atom is -0.353 e. The molecular formula is C16H27Cl2N3O. The van der Waals surface area contributed by atoms with Gasteiger partial charge in [-0.25, -0.2) is 0 Å². The summed E-state index contributed by atoms with van der Waals surface area (Å²) in [6.45, 7) is 1.60. The molecule has 126 valence electrons. The van der Waals surface area contributed by atoms with E-state index in [-0.39, 0.29) is 42.8 Å². The predicted molar refractivity (Wildman–Crippen MR) is 96.0 cm³/mol. The molecule has 0 radical (unpaired) electrons. The van der Waals surface area contributed by atoms with Crippen LogP contribution in [0.2, 0.25) is 0 Å². The second kappa shape index (κ2) is 10.8. The third kappa shape index (κ3) is 6.13. The first-order chi connectivity index (χ1) is 9.68. The van der Waals surface area contributed by atoms with Gasteiger partial charge in [-0.2, -0.15) is 0 Å². The van der Waals surface area contributed by atoms with E-state index in [4.69, 9.17) is 0 Å². The van der Waals surface area contributed by atoms with Gasteiger partial charge in [-0.1, -0.05) is 36.8 Å². The van der Waals surface area contributed by atoms with Crippen molar-refractivity contribution in [2.45, 2.75) is 31.3 Å². The largest absolute Gasteiger partial charge is 0.353 e.